The summed E-state index contributed by atoms with van der Waals surface area (Å²) in [6, 6.07) is 14.8. The topological polar surface area (TPSA) is 65.1 Å². The molecule has 0 unspecified atom stereocenters. The number of nitrogens with zero attached hydrogens (tertiary/aromatic N) is 1. The molecule has 0 aromatic heterocycles. The summed E-state index contributed by atoms with van der Waals surface area (Å²) in [6.45, 7) is 3.74. The highest BCUT2D eigenvalue weighted by Crippen LogP contribution is 2.45. The highest BCUT2D eigenvalue weighted by atomic mass is 16.5. The zero-order chi connectivity index (χ0) is 21.2. The average molecular weight is 395 g/mol. The lowest BCUT2D eigenvalue weighted by atomic mass is 9.84. The zero-order valence-electron chi connectivity index (χ0n) is 17.3. The number of ether oxygens (including phenoxy) is 3. The first kappa shape index (κ1) is 20.5. The van der Waals surface area contributed by atoms with Crippen LogP contribution in [0.2, 0.25) is 0 Å². The SMILES string of the molecule is COC(=O)C1=C(c2ccccc2)N(Cc2ccc(OC)cc2OC)C(=O)C1(C)C. The molecule has 0 spiro atoms. The number of hydrogen-bond donors (Lipinski definition) is 0. The summed E-state index contributed by atoms with van der Waals surface area (Å²) >= 11 is 0. The van der Waals surface area contributed by atoms with Gasteiger partial charge in [-0.1, -0.05) is 30.3 Å². The van der Waals surface area contributed by atoms with Gasteiger partial charge in [-0.25, -0.2) is 4.79 Å². The van der Waals surface area contributed by atoms with Crippen LogP contribution in [0.1, 0.15) is 25.0 Å². The molecule has 1 heterocycles. The molecule has 152 valence electrons. The second kappa shape index (κ2) is 7.99. The molecule has 0 aliphatic carbocycles. The minimum absolute atomic E-state index is 0.172. The molecule has 0 fully saturated rings. The van der Waals surface area contributed by atoms with E-state index in [1.807, 2.05) is 42.5 Å². The number of carbonyl (C=O) groups excluding carboxylic acids is 2. The van der Waals surface area contributed by atoms with Gasteiger partial charge in [0, 0.05) is 11.6 Å². The van der Waals surface area contributed by atoms with E-state index in [4.69, 9.17) is 14.2 Å². The van der Waals surface area contributed by atoms with Gasteiger partial charge < -0.3 is 19.1 Å². The maximum absolute atomic E-state index is 13.4. The van der Waals surface area contributed by atoms with Gasteiger partial charge in [-0.05, 0) is 31.5 Å². The number of benzene rings is 2. The van der Waals surface area contributed by atoms with Gasteiger partial charge in [0.1, 0.15) is 11.5 Å². The minimum Gasteiger partial charge on any atom is -0.497 e. The quantitative estimate of drug-likeness (QED) is 0.699. The van der Waals surface area contributed by atoms with E-state index >= 15 is 0 Å². The molecule has 6 heteroatoms. The summed E-state index contributed by atoms with van der Waals surface area (Å²) in [4.78, 5) is 27.7. The third-order valence-corrected chi connectivity index (χ3v) is 5.17. The van der Waals surface area contributed by atoms with Gasteiger partial charge in [0.2, 0.25) is 5.91 Å². The van der Waals surface area contributed by atoms with E-state index in [1.54, 1.807) is 39.0 Å². The predicted octanol–water partition coefficient (Wildman–Crippen LogP) is 3.66. The highest BCUT2D eigenvalue weighted by molar-refractivity contribution is 6.12. The number of esters is 1. The van der Waals surface area contributed by atoms with Crippen LogP contribution in [-0.4, -0.2) is 38.1 Å². The van der Waals surface area contributed by atoms with Crippen molar-refractivity contribution in [3.63, 3.8) is 0 Å². The van der Waals surface area contributed by atoms with Crippen LogP contribution < -0.4 is 9.47 Å². The molecule has 0 radical (unpaired) electrons. The molecule has 29 heavy (non-hydrogen) atoms. The monoisotopic (exact) mass is 395 g/mol. The van der Waals surface area contributed by atoms with Gasteiger partial charge in [0.25, 0.3) is 0 Å². The Morgan fingerprint density at radius 1 is 1.00 bits per heavy atom. The van der Waals surface area contributed by atoms with Crippen LogP contribution in [0.4, 0.5) is 0 Å². The number of hydrogen-bond acceptors (Lipinski definition) is 5. The van der Waals surface area contributed by atoms with Crippen LogP contribution in [0.15, 0.2) is 54.1 Å². The molecule has 0 N–H and O–H groups in total. The van der Waals surface area contributed by atoms with Crippen LogP contribution in [-0.2, 0) is 20.9 Å². The Morgan fingerprint density at radius 3 is 2.28 bits per heavy atom. The van der Waals surface area contributed by atoms with Gasteiger partial charge in [-0.3, -0.25) is 4.79 Å². The van der Waals surface area contributed by atoms with Crippen molar-refractivity contribution in [3.05, 3.63) is 65.2 Å². The average Bonchev–Trinajstić information content (AvgIpc) is 2.94. The Labute approximate surface area is 170 Å². The Bertz CT molecular complexity index is 962. The molecule has 1 aliphatic rings. The van der Waals surface area contributed by atoms with E-state index in [9.17, 15) is 9.59 Å². The molecule has 6 nitrogen and oxygen atoms in total. The Balaban J connectivity index is 2.15. The van der Waals surface area contributed by atoms with E-state index in [2.05, 4.69) is 0 Å². The summed E-state index contributed by atoms with van der Waals surface area (Å²) in [5.41, 5.74) is 1.48. The van der Waals surface area contributed by atoms with Crippen molar-refractivity contribution in [3.8, 4) is 11.5 Å². The van der Waals surface area contributed by atoms with Gasteiger partial charge in [-0.2, -0.15) is 0 Å². The molecule has 0 saturated heterocycles. The highest BCUT2D eigenvalue weighted by Gasteiger charge is 2.49. The summed E-state index contributed by atoms with van der Waals surface area (Å²) in [5.74, 6) is 0.586. The predicted molar refractivity (Wildman–Crippen MR) is 109 cm³/mol. The summed E-state index contributed by atoms with van der Waals surface area (Å²) in [6.07, 6.45) is 0. The van der Waals surface area contributed by atoms with Gasteiger partial charge >= 0.3 is 5.97 Å². The van der Waals surface area contributed by atoms with E-state index in [1.165, 1.54) is 7.11 Å². The van der Waals surface area contributed by atoms with Gasteiger partial charge in [0.05, 0.1) is 44.6 Å². The fourth-order valence-electron chi connectivity index (χ4n) is 3.63. The third-order valence-electron chi connectivity index (χ3n) is 5.17. The fourth-order valence-corrected chi connectivity index (χ4v) is 3.63. The first-order chi connectivity index (χ1) is 13.8. The first-order valence-electron chi connectivity index (χ1n) is 9.26. The molecule has 0 saturated carbocycles. The summed E-state index contributed by atoms with van der Waals surface area (Å²) in [7, 11) is 4.48. The molecule has 0 bridgehead atoms. The molecule has 2 aromatic carbocycles. The van der Waals surface area contributed by atoms with Gasteiger partial charge in [0.15, 0.2) is 0 Å². The molecule has 3 rings (SSSR count). The van der Waals surface area contributed by atoms with E-state index in [0.717, 1.165) is 11.1 Å². The van der Waals surface area contributed by atoms with Crippen LogP contribution in [0.5, 0.6) is 11.5 Å². The maximum Gasteiger partial charge on any atom is 0.336 e. The van der Waals surface area contributed by atoms with Gasteiger partial charge in [-0.15, -0.1) is 0 Å². The first-order valence-corrected chi connectivity index (χ1v) is 9.26. The molecule has 1 aliphatic heterocycles. The fraction of sp³-hybridized carbons (Fsp3) is 0.304. The lowest BCUT2D eigenvalue weighted by Gasteiger charge is -2.24. The number of carbonyl (C=O) groups is 2. The molecular weight excluding hydrogens is 370 g/mol. The third kappa shape index (κ3) is 3.58. The Morgan fingerprint density at radius 2 is 1.69 bits per heavy atom. The van der Waals surface area contributed by atoms with Crippen molar-refractivity contribution < 1.29 is 23.8 Å². The van der Waals surface area contributed by atoms with Crippen LogP contribution in [0, 0.1) is 5.41 Å². The van der Waals surface area contributed by atoms with E-state index in [0.29, 0.717) is 22.8 Å². The zero-order valence-corrected chi connectivity index (χ0v) is 17.3. The Kier molecular flexibility index (Phi) is 5.64. The largest absolute Gasteiger partial charge is 0.497 e. The van der Waals surface area contributed by atoms with Crippen LogP contribution >= 0.6 is 0 Å². The molecular formula is C23H25NO5. The van der Waals surface area contributed by atoms with E-state index < -0.39 is 11.4 Å². The maximum atomic E-state index is 13.4. The van der Waals surface area contributed by atoms with E-state index in [-0.39, 0.29) is 12.5 Å². The number of rotatable bonds is 6. The van der Waals surface area contributed by atoms with Crippen molar-refractivity contribution in [2.24, 2.45) is 5.41 Å². The number of amides is 1. The molecule has 2 aromatic rings. The summed E-state index contributed by atoms with van der Waals surface area (Å²) in [5, 5.41) is 0. The lowest BCUT2D eigenvalue weighted by Crippen LogP contribution is -2.33. The van der Waals surface area contributed by atoms with Crippen LogP contribution in [0.3, 0.4) is 0 Å². The van der Waals surface area contributed by atoms with Crippen LogP contribution in [0.25, 0.3) is 5.70 Å². The second-order valence-electron chi connectivity index (χ2n) is 7.28. The van der Waals surface area contributed by atoms with Crippen molar-refractivity contribution >= 4 is 17.6 Å². The standard InChI is InChI=1S/C23H25NO5/c1-23(2)19(21(25)29-5)20(15-9-7-6-8-10-15)24(22(23)26)14-16-11-12-17(27-3)13-18(16)28-4/h6-13H,14H2,1-5H3. The second-order valence-corrected chi connectivity index (χ2v) is 7.28. The van der Waals surface area contributed by atoms with Crippen molar-refractivity contribution in [1.29, 1.82) is 0 Å². The van der Waals surface area contributed by atoms with Crippen molar-refractivity contribution in [2.75, 3.05) is 21.3 Å². The van der Waals surface area contributed by atoms with Crippen molar-refractivity contribution in [1.82, 2.24) is 4.90 Å². The lowest BCUT2D eigenvalue weighted by molar-refractivity contribution is -0.140. The summed E-state index contributed by atoms with van der Waals surface area (Å²) < 4.78 is 15.8. The number of methoxy groups -OCH3 is 3. The Hall–Kier alpha value is -3.28. The molecule has 1 amide bonds. The normalized spacial score (nSPS) is 15.5. The smallest absolute Gasteiger partial charge is 0.336 e. The minimum atomic E-state index is -1.02. The molecule has 0 atom stereocenters. The van der Waals surface area contributed by atoms with Crippen molar-refractivity contribution in [2.45, 2.75) is 20.4 Å².